The highest BCUT2D eigenvalue weighted by Crippen LogP contribution is 2.26. The van der Waals surface area contributed by atoms with Gasteiger partial charge in [0.15, 0.2) is 5.58 Å². The Balaban J connectivity index is 1.23. The molecule has 1 aromatic heterocycles. The first-order valence-corrected chi connectivity index (χ1v) is 11.5. The second-order valence-corrected chi connectivity index (χ2v) is 8.87. The largest absolute Gasteiger partial charge is 0.457 e. The Morgan fingerprint density at radius 3 is 2.62 bits per heavy atom. The average molecular weight is 457 g/mol. The molecule has 34 heavy (non-hydrogen) atoms. The van der Waals surface area contributed by atoms with E-state index in [0.717, 1.165) is 30.9 Å². The number of amides is 1. The van der Waals surface area contributed by atoms with E-state index < -0.39 is 0 Å². The Kier molecular flexibility index (Phi) is 6.18. The molecule has 0 spiro atoms. The fourth-order valence-electron chi connectivity index (χ4n) is 4.30. The molecule has 1 unspecified atom stereocenters. The summed E-state index contributed by atoms with van der Waals surface area (Å²) in [6, 6.07) is 22.7. The number of nitrogens with zero attached hydrogens (tertiary/aromatic N) is 3. The molecule has 1 saturated heterocycles. The van der Waals surface area contributed by atoms with Crippen LogP contribution >= 0.6 is 0 Å². The summed E-state index contributed by atoms with van der Waals surface area (Å²) in [5.74, 6) is 1.84. The Morgan fingerprint density at radius 1 is 1.12 bits per heavy atom. The predicted molar refractivity (Wildman–Crippen MR) is 134 cm³/mol. The summed E-state index contributed by atoms with van der Waals surface area (Å²) in [7, 11) is 4.17. The second kappa shape index (κ2) is 9.57. The van der Waals surface area contributed by atoms with Crippen LogP contribution in [0.1, 0.15) is 16.8 Å². The molecule has 1 fully saturated rings. The lowest BCUT2D eigenvalue weighted by Crippen LogP contribution is -2.27. The van der Waals surface area contributed by atoms with Crippen molar-refractivity contribution in [3.8, 4) is 11.5 Å². The van der Waals surface area contributed by atoms with Crippen molar-refractivity contribution >= 4 is 28.7 Å². The third-order valence-corrected chi connectivity index (χ3v) is 6.08. The summed E-state index contributed by atoms with van der Waals surface area (Å²) < 4.78 is 11.7. The third-order valence-electron chi connectivity index (χ3n) is 6.08. The van der Waals surface area contributed by atoms with Crippen LogP contribution in [-0.2, 0) is 0 Å². The molecule has 2 heterocycles. The maximum Gasteiger partial charge on any atom is 0.298 e. The summed E-state index contributed by atoms with van der Waals surface area (Å²) in [6.45, 7) is 3.14. The quantitative estimate of drug-likeness (QED) is 0.409. The van der Waals surface area contributed by atoms with Crippen molar-refractivity contribution < 1.29 is 13.9 Å². The number of carbonyl (C=O) groups is 1. The van der Waals surface area contributed by atoms with Crippen molar-refractivity contribution in [3.05, 3.63) is 78.4 Å². The number of benzene rings is 3. The van der Waals surface area contributed by atoms with E-state index in [2.05, 4.69) is 27.1 Å². The summed E-state index contributed by atoms with van der Waals surface area (Å²) in [4.78, 5) is 21.8. The highest BCUT2D eigenvalue weighted by atomic mass is 16.5. The number of anilines is 2. The molecule has 174 valence electrons. The molecule has 1 atom stereocenters. The lowest BCUT2D eigenvalue weighted by molar-refractivity contribution is 0.102. The van der Waals surface area contributed by atoms with Gasteiger partial charge in [-0.1, -0.05) is 18.2 Å². The Morgan fingerprint density at radius 2 is 1.88 bits per heavy atom. The maximum atomic E-state index is 12.7. The molecule has 7 nitrogen and oxygen atoms in total. The SMILES string of the molecule is CN1CCC(CN(C)c2nc3cc(NC(=O)c4ccc(Oc5ccccc5)cc4)ccc3o2)C1. The Labute approximate surface area is 198 Å². The van der Waals surface area contributed by atoms with Crippen LogP contribution in [0.2, 0.25) is 0 Å². The molecule has 5 rings (SSSR count). The van der Waals surface area contributed by atoms with Gasteiger partial charge < -0.3 is 24.3 Å². The number of nitrogens with one attached hydrogen (secondary N) is 1. The Hall–Kier alpha value is -3.84. The molecule has 1 N–H and O–H groups in total. The van der Waals surface area contributed by atoms with Gasteiger partial charge >= 0.3 is 0 Å². The van der Waals surface area contributed by atoms with Crippen molar-refractivity contribution in [1.29, 1.82) is 0 Å². The lowest BCUT2D eigenvalue weighted by Gasteiger charge is -2.18. The molecule has 1 aliphatic heterocycles. The fourth-order valence-corrected chi connectivity index (χ4v) is 4.30. The third kappa shape index (κ3) is 5.05. The number of ether oxygens (including phenoxy) is 1. The number of carbonyl (C=O) groups excluding carboxylic acids is 1. The molecular weight excluding hydrogens is 428 g/mol. The van der Waals surface area contributed by atoms with Gasteiger partial charge in [0, 0.05) is 31.4 Å². The van der Waals surface area contributed by atoms with Gasteiger partial charge in [-0.2, -0.15) is 4.98 Å². The molecule has 1 amide bonds. The predicted octanol–water partition coefficient (Wildman–Crippen LogP) is 5.26. The molecule has 7 heteroatoms. The number of rotatable bonds is 7. The van der Waals surface area contributed by atoms with Gasteiger partial charge in [0.25, 0.3) is 11.9 Å². The van der Waals surface area contributed by atoms with E-state index in [-0.39, 0.29) is 5.91 Å². The standard InChI is InChI=1S/C27H28N4O3/c1-30-15-14-19(17-30)18-31(2)27-29-24-16-21(10-13-25(24)34-27)28-26(32)20-8-11-23(12-9-20)33-22-6-4-3-5-7-22/h3-13,16,19H,14-15,17-18H2,1-2H3,(H,28,32). The van der Waals surface area contributed by atoms with Crippen LogP contribution in [0.5, 0.6) is 11.5 Å². The zero-order chi connectivity index (χ0) is 23.5. The van der Waals surface area contributed by atoms with Crippen molar-refractivity contribution in [2.75, 3.05) is 43.9 Å². The normalized spacial score (nSPS) is 16.0. The van der Waals surface area contributed by atoms with E-state index in [1.54, 1.807) is 24.3 Å². The number of aromatic nitrogens is 1. The van der Waals surface area contributed by atoms with Crippen molar-refractivity contribution in [1.82, 2.24) is 9.88 Å². The minimum Gasteiger partial charge on any atom is -0.457 e. The van der Waals surface area contributed by atoms with Gasteiger partial charge in [0.2, 0.25) is 0 Å². The fraction of sp³-hybridized carbons (Fsp3) is 0.259. The smallest absolute Gasteiger partial charge is 0.298 e. The van der Waals surface area contributed by atoms with E-state index >= 15 is 0 Å². The monoisotopic (exact) mass is 456 g/mol. The topological polar surface area (TPSA) is 70.8 Å². The van der Waals surface area contributed by atoms with E-state index in [1.165, 1.54) is 6.42 Å². The van der Waals surface area contributed by atoms with Crippen molar-refractivity contribution in [3.63, 3.8) is 0 Å². The van der Waals surface area contributed by atoms with Gasteiger partial charge in [-0.25, -0.2) is 0 Å². The van der Waals surface area contributed by atoms with Crippen LogP contribution in [0.15, 0.2) is 77.2 Å². The summed E-state index contributed by atoms with van der Waals surface area (Å²) in [6.07, 6.45) is 1.19. The summed E-state index contributed by atoms with van der Waals surface area (Å²) in [5.41, 5.74) is 2.63. The van der Waals surface area contributed by atoms with Crippen LogP contribution in [0.3, 0.4) is 0 Å². The first-order chi connectivity index (χ1) is 16.5. The zero-order valence-electron chi connectivity index (χ0n) is 19.4. The second-order valence-electron chi connectivity index (χ2n) is 8.87. The number of para-hydroxylation sites is 1. The number of fused-ring (bicyclic) bond motifs is 1. The number of hydrogen-bond acceptors (Lipinski definition) is 6. The first-order valence-electron chi connectivity index (χ1n) is 11.5. The van der Waals surface area contributed by atoms with Crippen molar-refractivity contribution in [2.24, 2.45) is 5.92 Å². The summed E-state index contributed by atoms with van der Waals surface area (Å²) in [5, 5.41) is 2.94. The minimum atomic E-state index is -0.197. The molecule has 0 aliphatic carbocycles. The number of likely N-dealkylation sites (tertiary alicyclic amines) is 1. The van der Waals surface area contributed by atoms with Crippen LogP contribution < -0.4 is 15.0 Å². The minimum absolute atomic E-state index is 0.197. The van der Waals surface area contributed by atoms with E-state index in [0.29, 0.717) is 34.5 Å². The molecular formula is C27H28N4O3. The van der Waals surface area contributed by atoms with E-state index in [4.69, 9.17) is 9.15 Å². The molecule has 4 aromatic rings. The molecule has 0 saturated carbocycles. The molecule has 1 aliphatic rings. The molecule has 0 bridgehead atoms. The highest BCUT2D eigenvalue weighted by Gasteiger charge is 2.22. The van der Waals surface area contributed by atoms with Crippen LogP contribution in [0.25, 0.3) is 11.1 Å². The van der Waals surface area contributed by atoms with Crippen LogP contribution in [0.4, 0.5) is 11.7 Å². The Bertz CT molecular complexity index is 1270. The van der Waals surface area contributed by atoms with Gasteiger partial charge in [-0.15, -0.1) is 0 Å². The lowest BCUT2D eigenvalue weighted by atomic mass is 10.1. The van der Waals surface area contributed by atoms with E-state index in [1.807, 2.05) is 55.6 Å². The van der Waals surface area contributed by atoms with Gasteiger partial charge in [0.05, 0.1) is 0 Å². The van der Waals surface area contributed by atoms with E-state index in [9.17, 15) is 4.79 Å². The van der Waals surface area contributed by atoms with Crippen molar-refractivity contribution in [2.45, 2.75) is 6.42 Å². The maximum absolute atomic E-state index is 12.7. The first kappa shape index (κ1) is 22.0. The van der Waals surface area contributed by atoms with Gasteiger partial charge in [-0.05, 0) is 80.5 Å². The molecule has 3 aromatic carbocycles. The average Bonchev–Trinajstić information content (AvgIpc) is 3.45. The number of hydrogen-bond donors (Lipinski definition) is 1. The highest BCUT2D eigenvalue weighted by molar-refractivity contribution is 6.05. The van der Waals surface area contributed by atoms with Crippen LogP contribution in [0, 0.1) is 5.92 Å². The summed E-state index contributed by atoms with van der Waals surface area (Å²) >= 11 is 0. The van der Waals surface area contributed by atoms with Gasteiger partial charge in [-0.3, -0.25) is 4.79 Å². The van der Waals surface area contributed by atoms with Crippen LogP contribution in [-0.4, -0.2) is 49.5 Å². The van der Waals surface area contributed by atoms with Gasteiger partial charge in [0.1, 0.15) is 17.0 Å². The number of oxazole rings is 1. The molecule has 0 radical (unpaired) electrons. The zero-order valence-corrected chi connectivity index (χ0v) is 19.4.